The molecule has 1 aliphatic rings. The van der Waals surface area contributed by atoms with Crippen LogP contribution in [0.25, 0.3) is 0 Å². The van der Waals surface area contributed by atoms with Gasteiger partial charge >= 0.3 is 0 Å². The van der Waals surface area contributed by atoms with Crippen molar-refractivity contribution in [1.82, 2.24) is 10.0 Å². The van der Waals surface area contributed by atoms with Gasteiger partial charge in [-0.3, -0.25) is 0 Å². The van der Waals surface area contributed by atoms with E-state index in [1.54, 1.807) is 6.07 Å². The van der Waals surface area contributed by atoms with Crippen LogP contribution in [-0.2, 0) is 16.6 Å². The standard InChI is InChI=1S/C13H21BrN2O2S3/c1-2-5-15-9-11-8-12(13(14)20-11)21(17,18)16-10-3-6-19-7-4-10/h8,10,15-16H,2-7,9H2,1H3. The maximum absolute atomic E-state index is 12.5. The Morgan fingerprint density at radius 2 is 2.10 bits per heavy atom. The summed E-state index contributed by atoms with van der Waals surface area (Å²) in [7, 11) is -3.42. The van der Waals surface area contributed by atoms with Crippen LogP contribution < -0.4 is 10.0 Å². The molecule has 0 atom stereocenters. The molecule has 1 aromatic rings. The maximum Gasteiger partial charge on any atom is 0.242 e. The first kappa shape index (κ1) is 17.7. The predicted molar refractivity (Wildman–Crippen MR) is 94.7 cm³/mol. The first-order valence-corrected chi connectivity index (χ1v) is 11.4. The SMILES string of the molecule is CCCNCc1cc(S(=O)(=O)NC2CCSCC2)c(Br)s1. The van der Waals surface area contributed by atoms with Gasteiger partial charge in [0.1, 0.15) is 4.90 Å². The van der Waals surface area contributed by atoms with Gasteiger partial charge in [-0.1, -0.05) is 6.92 Å². The van der Waals surface area contributed by atoms with E-state index in [1.807, 2.05) is 11.8 Å². The number of thiophene rings is 1. The lowest BCUT2D eigenvalue weighted by Gasteiger charge is -2.22. The summed E-state index contributed by atoms with van der Waals surface area (Å²) in [5.41, 5.74) is 0. The molecule has 2 rings (SSSR count). The third-order valence-corrected chi connectivity index (χ3v) is 8.09. The zero-order chi connectivity index (χ0) is 15.3. The molecule has 2 heterocycles. The number of hydrogen-bond acceptors (Lipinski definition) is 5. The molecular formula is C13H21BrN2O2S3. The molecule has 0 spiro atoms. The van der Waals surface area contributed by atoms with Crippen LogP contribution in [0.4, 0.5) is 0 Å². The highest BCUT2D eigenvalue weighted by molar-refractivity contribution is 9.11. The fourth-order valence-electron chi connectivity index (χ4n) is 2.15. The second-order valence-electron chi connectivity index (χ2n) is 5.04. The predicted octanol–water partition coefficient (Wildman–Crippen LogP) is 3.18. The van der Waals surface area contributed by atoms with E-state index in [4.69, 9.17) is 0 Å². The Morgan fingerprint density at radius 1 is 1.38 bits per heavy atom. The first-order valence-electron chi connectivity index (χ1n) is 7.12. The van der Waals surface area contributed by atoms with Crippen molar-refractivity contribution >= 4 is 49.1 Å². The largest absolute Gasteiger partial charge is 0.312 e. The molecule has 0 radical (unpaired) electrons. The van der Waals surface area contributed by atoms with Crippen LogP contribution in [-0.4, -0.2) is 32.5 Å². The van der Waals surface area contributed by atoms with Crippen molar-refractivity contribution in [1.29, 1.82) is 0 Å². The fourth-order valence-corrected chi connectivity index (χ4v) is 7.22. The van der Waals surface area contributed by atoms with Crippen LogP contribution in [0.5, 0.6) is 0 Å². The fraction of sp³-hybridized carbons (Fsp3) is 0.692. The minimum Gasteiger partial charge on any atom is -0.312 e. The molecule has 0 amide bonds. The zero-order valence-corrected chi connectivity index (χ0v) is 16.1. The minimum absolute atomic E-state index is 0.0738. The topological polar surface area (TPSA) is 58.2 Å². The zero-order valence-electron chi connectivity index (χ0n) is 12.0. The summed E-state index contributed by atoms with van der Waals surface area (Å²) in [5, 5.41) is 3.30. The Labute approximate surface area is 143 Å². The molecule has 120 valence electrons. The molecule has 1 fully saturated rings. The van der Waals surface area contributed by atoms with Crippen LogP contribution in [0.1, 0.15) is 31.1 Å². The molecule has 2 N–H and O–H groups in total. The molecule has 0 aliphatic carbocycles. The molecule has 0 unspecified atom stereocenters. The van der Waals surface area contributed by atoms with E-state index >= 15 is 0 Å². The van der Waals surface area contributed by atoms with Crippen LogP contribution in [0.15, 0.2) is 14.7 Å². The van der Waals surface area contributed by atoms with Crippen molar-refractivity contribution in [2.24, 2.45) is 0 Å². The molecule has 1 aromatic heterocycles. The summed E-state index contributed by atoms with van der Waals surface area (Å²) in [5.74, 6) is 2.06. The lowest BCUT2D eigenvalue weighted by atomic mass is 10.2. The summed E-state index contributed by atoms with van der Waals surface area (Å²) in [6.45, 7) is 3.77. The van der Waals surface area contributed by atoms with Gasteiger partial charge in [0.2, 0.25) is 10.0 Å². The highest BCUT2D eigenvalue weighted by atomic mass is 79.9. The molecule has 21 heavy (non-hydrogen) atoms. The molecule has 1 saturated heterocycles. The molecule has 4 nitrogen and oxygen atoms in total. The second-order valence-corrected chi connectivity index (χ2v) is 10.4. The van der Waals surface area contributed by atoms with Crippen molar-refractivity contribution in [2.45, 2.75) is 43.7 Å². The van der Waals surface area contributed by atoms with E-state index < -0.39 is 10.0 Å². The number of sulfonamides is 1. The lowest BCUT2D eigenvalue weighted by Crippen LogP contribution is -2.37. The van der Waals surface area contributed by atoms with Gasteiger partial charge in [-0.05, 0) is 59.3 Å². The van der Waals surface area contributed by atoms with Gasteiger partial charge in [0.15, 0.2) is 0 Å². The van der Waals surface area contributed by atoms with Gasteiger partial charge in [-0.25, -0.2) is 13.1 Å². The summed E-state index contributed by atoms with van der Waals surface area (Å²) in [6, 6.07) is 1.85. The van der Waals surface area contributed by atoms with E-state index in [1.165, 1.54) is 11.3 Å². The third kappa shape index (κ3) is 5.21. The second kappa shape index (κ2) is 8.31. The maximum atomic E-state index is 12.5. The lowest BCUT2D eigenvalue weighted by molar-refractivity contribution is 0.529. The monoisotopic (exact) mass is 412 g/mol. The van der Waals surface area contributed by atoms with E-state index in [9.17, 15) is 8.42 Å². The van der Waals surface area contributed by atoms with Crippen LogP contribution in [0.3, 0.4) is 0 Å². The summed E-state index contributed by atoms with van der Waals surface area (Å²) in [4.78, 5) is 1.41. The number of hydrogen-bond donors (Lipinski definition) is 2. The summed E-state index contributed by atoms with van der Waals surface area (Å²) >= 11 is 6.77. The Hall–Kier alpha value is 0.400. The number of rotatable bonds is 7. The Morgan fingerprint density at radius 3 is 2.76 bits per heavy atom. The van der Waals surface area contributed by atoms with E-state index in [-0.39, 0.29) is 6.04 Å². The summed E-state index contributed by atoms with van der Waals surface area (Å²) in [6.07, 6.45) is 2.89. The highest BCUT2D eigenvalue weighted by Gasteiger charge is 2.25. The normalized spacial score (nSPS) is 17.2. The van der Waals surface area contributed by atoms with Gasteiger partial charge < -0.3 is 5.32 Å². The van der Waals surface area contributed by atoms with Gasteiger partial charge in [0.05, 0.1) is 3.79 Å². The third-order valence-electron chi connectivity index (χ3n) is 3.27. The van der Waals surface area contributed by atoms with Crippen molar-refractivity contribution in [3.05, 3.63) is 14.7 Å². The quantitative estimate of drug-likeness (QED) is 0.675. The van der Waals surface area contributed by atoms with Crippen LogP contribution >= 0.6 is 39.0 Å². The smallest absolute Gasteiger partial charge is 0.242 e. The average molecular weight is 413 g/mol. The van der Waals surface area contributed by atoms with Gasteiger partial charge in [0, 0.05) is 17.5 Å². The molecule has 0 aromatic carbocycles. The Bertz CT molecular complexity index is 554. The van der Waals surface area contributed by atoms with Gasteiger partial charge in [-0.2, -0.15) is 11.8 Å². The van der Waals surface area contributed by atoms with Gasteiger partial charge in [-0.15, -0.1) is 11.3 Å². The highest BCUT2D eigenvalue weighted by Crippen LogP contribution is 2.32. The van der Waals surface area contributed by atoms with Crippen LogP contribution in [0, 0.1) is 0 Å². The molecule has 0 bridgehead atoms. The number of nitrogens with one attached hydrogen (secondary N) is 2. The number of halogens is 1. The average Bonchev–Trinajstić information content (AvgIpc) is 2.82. The van der Waals surface area contributed by atoms with E-state index in [0.717, 1.165) is 42.2 Å². The van der Waals surface area contributed by atoms with E-state index in [0.29, 0.717) is 15.2 Å². The Balaban J connectivity index is 2.04. The van der Waals surface area contributed by atoms with Crippen molar-refractivity contribution in [2.75, 3.05) is 18.1 Å². The number of thioether (sulfide) groups is 1. The van der Waals surface area contributed by atoms with Crippen LogP contribution in [0.2, 0.25) is 0 Å². The van der Waals surface area contributed by atoms with E-state index in [2.05, 4.69) is 32.9 Å². The molecule has 1 aliphatic heterocycles. The molecular weight excluding hydrogens is 392 g/mol. The summed E-state index contributed by atoms with van der Waals surface area (Å²) < 4.78 is 28.5. The van der Waals surface area contributed by atoms with Crippen molar-refractivity contribution in [3.63, 3.8) is 0 Å². The Kier molecular flexibility index (Phi) is 7.02. The van der Waals surface area contributed by atoms with Crippen molar-refractivity contribution < 1.29 is 8.42 Å². The van der Waals surface area contributed by atoms with Gasteiger partial charge in [0.25, 0.3) is 0 Å². The molecule has 0 saturated carbocycles. The first-order chi connectivity index (χ1) is 10.0. The van der Waals surface area contributed by atoms with Crippen molar-refractivity contribution in [3.8, 4) is 0 Å². The molecule has 8 heteroatoms. The minimum atomic E-state index is -3.42.